The van der Waals surface area contributed by atoms with E-state index in [-0.39, 0.29) is 11.8 Å². The summed E-state index contributed by atoms with van der Waals surface area (Å²) in [6.07, 6.45) is 0.796. The lowest BCUT2D eigenvalue weighted by molar-refractivity contribution is -0.137. The normalized spacial score (nSPS) is 47.0. The molecule has 4 aliphatic rings. The number of alkyl halides is 1. The second-order valence-electron chi connectivity index (χ2n) is 4.40. The van der Waals surface area contributed by atoms with Crippen LogP contribution in [0.4, 0.5) is 4.39 Å². The highest BCUT2D eigenvalue weighted by molar-refractivity contribution is 5.82. The van der Waals surface area contributed by atoms with Crippen LogP contribution >= 0.6 is 0 Å². The first kappa shape index (κ1) is 7.74. The van der Waals surface area contributed by atoms with Gasteiger partial charge in [-0.3, -0.25) is 4.79 Å². The van der Waals surface area contributed by atoms with Crippen LogP contribution in [-0.2, 0) is 4.79 Å². The molecule has 3 heterocycles. The van der Waals surface area contributed by atoms with E-state index in [1.165, 1.54) is 6.42 Å². The topological polar surface area (TPSA) is 32.3 Å². The van der Waals surface area contributed by atoms with Gasteiger partial charge in [-0.15, -0.1) is 0 Å². The zero-order valence-electron chi connectivity index (χ0n) is 7.37. The molecule has 1 amide bonds. The number of nitrogens with zero attached hydrogens (tertiary/aromatic N) is 1. The average molecular weight is 184 g/mol. The Kier molecular flexibility index (Phi) is 1.45. The van der Waals surface area contributed by atoms with E-state index in [1.54, 1.807) is 0 Å². The Morgan fingerprint density at radius 3 is 2.31 bits per heavy atom. The van der Waals surface area contributed by atoms with Gasteiger partial charge >= 0.3 is 0 Å². The third-order valence-electron chi connectivity index (χ3n) is 3.26. The summed E-state index contributed by atoms with van der Waals surface area (Å²) in [6, 6.07) is 0.971. The first-order chi connectivity index (χ1) is 6.24. The van der Waals surface area contributed by atoms with E-state index in [0.29, 0.717) is 18.5 Å². The molecular weight excluding hydrogens is 171 g/mol. The van der Waals surface area contributed by atoms with E-state index in [1.807, 2.05) is 4.90 Å². The number of hydrogen-bond donors (Lipinski definition) is 1. The predicted molar refractivity (Wildman–Crippen MR) is 44.9 cm³/mol. The van der Waals surface area contributed by atoms with Crippen LogP contribution in [0, 0.1) is 5.92 Å². The van der Waals surface area contributed by atoms with Crippen LogP contribution in [-0.4, -0.2) is 42.2 Å². The van der Waals surface area contributed by atoms with Gasteiger partial charge in [0.25, 0.3) is 0 Å². The molecule has 4 atom stereocenters. The minimum atomic E-state index is -0.848. The molecule has 0 aromatic carbocycles. The number of carbonyl (C=O) groups excluding carboxylic acids is 1. The highest BCUT2D eigenvalue weighted by atomic mass is 19.1. The van der Waals surface area contributed by atoms with E-state index in [2.05, 4.69) is 5.32 Å². The maximum atomic E-state index is 12.6. The van der Waals surface area contributed by atoms with Gasteiger partial charge in [0.1, 0.15) is 6.17 Å². The Hall–Kier alpha value is -0.640. The standard InChI is InChI=1S/C9H13FN2O/c10-8-2-7(8)9(13)12-3-5-1-6(4-12)11-5/h5-8,11H,1-4H2/t5?,6?,7-,8-/m1/s1. The van der Waals surface area contributed by atoms with Crippen molar-refractivity contribution in [1.29, 1.82) is 0 Å². The molecule has 2 bridgehead atoms. The molecule has 0 aromatic heterocycles. The Balaban J connectivity index is 1.63. The number of piperidine rings is 1. The van der Waals surface area contributed by atoms with Gasteiger partial charge in [-0.25, -0.2) is 4.39 Å². The van der Waals surface area contributed by atoms with Gasteiger partial charge in [-0.05, 0) is 12.8 Å². The Labute approximate surface area is 76.3 Å². The third-order valence-corrected chi connectivity index (χ3v) is 3.26. The van der Waals surface area contributed by atoms with E-state index in [9.17, 15) is 9.18 Å². The minimum absolute atomic E-state index is 0.0451. The molecule has 4 heteroatoms. The van der Waals surface area contributed by atoms with Crippen molar-refractivity contribution < 1.29 is 9.18 Å². The fourth-order valence-corrected chi connectivity index (χ4v) is 2.35. The number of hydrogen-bond acceptors (Lipinski definition) is 2. The zero-order valence-corrected chi connectivity index (χ0v) is 7.37. The van der Waals surface area contributed by atoms with Gasteiger partial charge in [-0.1, -0.05) is 0 Å². The van der Waals surface area contributed by atoms with E-state index in [4.69, 9.17) is 0 Å². The third kappa shape index (κ3) is 1.15. The molecule has 3 nitrogen and oxygen atoms in total. The number of carbonyl (C=O) groups is 1. The van der Waals surface area contributed by atoms with Gasteiger partial charge in [0.15, 0.2) is 0 Å². The summed E-state index contributed by atoms with van der Waals surface area (Å²) >= 11 is 0. The van der Waals surface area contributed by atoms with Gasteiger partial charge in [-0.2, -0.15) is 0 Å². The number of rotatable bonds is 1. The van der Waals surface area contributed by atoms with Crippen LogP contribution in [0.3, 0.4) is 0 Å². The number of fused-ring (bicyclic) bond motifs is 2. The summed E-state index contributed by atoms with van der Waals surface area (Å²) in [4.78, 5) is 13.4. The Morgan fingerprint density at radius 1 is 1.31 bits per heavy atom. The van der Waals surface area contributed by atoms with Crippen molar-refractivity contribution in [3.05, 3.63) is 0 Å². The molecule has 4 rings (SSSR count). The molecule has 1 saturated carbocycles. The first-order valence-corrected chi connectivity index (χ1v) is 4.93. The van der Waals surface area contributed by atoms with Crippen molar-refractivity contribution >= 4 is 5.91 Å². The van der Waals surface area contributed by atoms with E-state index < -0.39 is 6.17 Å². The number of nitrogens with one attached hydrogen (secondary N) is 1. The highest BCUT2D eigenvalue weighted by Crippen LogP contribution is 2.36. The fourth-order valence-electron chi connectivity index (χ4n) is 2.35. The molecule has 4 fully saturated rings. The fraction of sp³-hybridized carbons (Fsp3) is 0.889. The molecule has 0 aromatic rings. The zero-order chi connectivity index (χ0) is 9.00. The van der Waals surface area contributed by atoms with E-state index in [0.717, 1.165) is 13.1 Å². The van der Waals surface area contributed by atoms with Crippen LogP contribution < -0.4 is 5.32 Å². The lowest BCUT2D eigenvalue weighted by Crippen LogP contribution is -2.67. The SMILES string of the molecule is O=C([C@@H]1C[C@H]1F)N1CC2CC(C1)N2. The molecule has 0 radical (unpaired) electrons. The largest absolute Gasteiger partial charge is 0.339 e. The van der Waals surface area contributed by atoms with Crippen LogP contribution in [0.5, 0.6) is 0 Å². The second-order valence-corrected chi connectivity index (χ2v) is 4.40. The number of amides is 1. The molecular formula is C9H13FN2O. The van der Waals surface area contributed by atoms with Crippen molar-refractivity contribution in [2.24, 2.45) is 5.92 Å². The van der Waals surface area contributed by atoms with Crippen molar-refractivity contribution in [3.63, 3.8) is 0 Å². The van der Waals surface area contributed by atoms with Crippen molar-refractivity contribution in [1.82, 2.24) is 10.2 Å². The maximum Gasteiger partial charge on any atom is 0.228 e. The van der Waals surface area contributed by atoms with Crippen LogP contribution in [0.1, 0.15) is 12.8 Å². The second kappa shape index (κ2) is 2.44. The molecule has 13 heavy (non-hydrogen) atoms. The molecule has 0 spiro atoms. The quantitative estimate of drug-likeness (QED) is 0.618. The molecule has 3 saturated heterocycles. The number of halogens is 1. The van der Waals surface area contributed by atoms with Crippen LogP contribution in [0.15, 0.2) is 0 Å². The maximum absolute atomic E-state index is 12.6. The molecule has 72 valence electrons. The lowest BCUT2D eigenvalue weighted by atomic mass is 9.91. The average Bonchev–Trinajstić information content (AvgIpc) is 2.80. The van der Waals surface area contributed by atoms with Crippen LogP contribution in [0.2, 0.25) is 0 Å². The number of piperazine rings is 1. The summed E-state index contributed by atoms with van der Waals surface area (Å²) in [5.41, 5.74) is 0. The van der Waals surface area contributed by atoms with Gasteiger partial charge < -0.3 is 10.2 Å². The van der Waals surface area contributed by atoms with Gasteiger partial charge in [0, 0.05) is 25.2 Å². The molecule has 1 aliphatic carbocycles. The summed E-state index contributed by atoms with van der Waals surface area (Å²) < 4.78 is 12.6. The molecule has 3 aliphatic heterocycles. The monoisotopic (exact) mass is 184 g/mol. The van der Waals surface area contributed by atoms with Crippen molar-refractivity contribution in [2.75, 3.05) is 13.1 Å². The Morgan fingerprint density at radius 2 is 1.85 bits per heavy atom. The van der Waals surface area contributed by atoms with Gasteiger partial charge in [0.2, 0.25) is 5.91 Å². The minimum Gasteiger partial charge on any atom is -0.339 e. The van der Waals surface area contributed by atoms with Crippen molar-refractivity contribution in [2.45, 2.75) is 31.1 Å². The summed E-state index contributed by atoms with van der Waals surface area (Å²) in [7, 11) is 0. The molecule has 1 N–H and O–H groups in total. The van der Waals surface area contributed by atoms with E-state index >= 15 is 0 Å². The summed E-state index contributed by atoms with van der Waals surface area (Å²) in [5, 5.41) is 3.35. The summed E-state index contributed by atoms with van der Waals surface area (Å²) in [5.74, 6) is -0.249. The predicted octanol–water partition coefficient (Wildman–Crippen LogP) is -0.0829. The van der Waals surface area contributed by atoms with Crippen molar-refractivity contribution in [3.8, 4) is 0 Å². The summed E-state index contributed by atoms with van der Waals surface area (Å²) in [6.45, 7) is 1.58. The molecule has 2 unspecified atom stereocenters. The smallest absolute Gasteiger partial charge is 0.228 e. The van der Waals surface area contributed by atoms with Crippen LogP contribution in [0.25, 0.3) is 0 Å². The Bertz CT molecular complexity index is 242. The van der Waals surface area contributed by atoms with Gasteiger partial charge in [0.05, 0.1) is 5.92 Å². The lowest BCUT2D eigenvalue weighted by Gasteiger charge is -2.48. The highest BCUT2D eigenvalue weighted by Gasteiger charge is 2.48. The first-order valence-electron chi connectivity index (χ1n) is 4.93.